The maximum atomic E-state index is 8.56. The number of rotatable bonds is 4. The van der Waals surface area contributed by atoms with Gasteiger partial charge in [0, 0.05) is 6.61 Å². The number of carboxylic acid groups (broad SMARTS) is 2. The first-order chi connectivity index (χ1) is 6.56. The van der Waals surface area contributed by atoms with Crippen molar-refractivity contribution in [3.63, 3.8) is 0 Å². The van der Waals surface area contributed by atoms with Gasteiger partial charge < -0.3 is 15.3 Å². The van der Waals surface area contributed by atoms with Gasteiger partial charge in [-0.25, -0.2) is 4.79 Å². The Balaban J connectivity index is -0.000000147. The topological polar surface area (TPSA) is 77.8 Å². The van der Waals surface area contributed by atoms with Gasteiger partial charge in [-0.15, -0.1) is 6.58 Å². The number of carbonyl (C=O) groups is 1. The van der Waals surface area contributed by atoms with Crippen LogP contribution in [0.15, 0.2) is 12.7 Å². The fraction of sp³-hybridized carbons (Fsp3) is 0.700. The molecule has 0 spiro atoms. The van der Waals surface area contributed by atoms with E-state index in [9.17, 15) is 0 Å². The van der Waals surface area contributed by atoms with Crippen LogP contribution in [0.4, 0.5) is 4.79 Å². The fourth-order valence-corrected chi connectivity index (χ4v) is 0.539. The van der Waals surface area contributed by atoms with Gasteiger partial charge in [0.25, 0.3) is 0 Å². The van der Waals surface area contributed by atoms with Crippen LogP contribution < -0.4 is 0 Å². The molecular weight excluding hydrogens is 184 g/mol. The molecule has 0 saturated carbocycles. The molecule has 86 valence electrons. The highest BCUT2D eigenvalue weighted by Crippen LogP contribution is 1.95. The third-order valence-corrected chi connectivity index (χ3v) is 1.01. The van der Waals surface area contributed by atoms with Gasteiger partial charge in [-0.2, -0.15) is 0 Å². The molecule has 0 aromatic rings. The summed E-state index contributed by atoms with van der Waals surface area (Å²) in [6.07, 6.45) is 4.60. The van der Waals surface area contributed by atoms with Crippen molar-refractivity contribution in [1.29, 1.82) is 0 Å². The summed E-state index contributed by atoms with van der Waals surface area (Å²) < 4.78 is 0. The maximum Gasteiger partial charge on any atom is 0.503 e. The third-order valence-electron chi connectivity index (χ3n) is 1.01. The summed E-state index contributed by atoms with van der Waals surface area (Å²) in [5.74, 6) is 0. The van der Waals surface area contributed by atoms with Crippen LogP contribution in [0.25, 0.3) is 0 Å². The summed E-state index contributed by atoms with van der Waals surface area (Å²) >= 11 is 0. The van der Waals surface area contributed by atoms with E-state index in [1.165, 1.54) is 19.3 Å². The number of hydrogen-bond acceptors (Lipinski definition) is 2. The summed E-state index contributed by atoms with van der Waals surface area (Å²) in [4.78, 5) is 8.56. The number of aliphatic hydroxyl groups is 1. The van der Waals surface area contributed by atoms with Crippen LogP contribution in [0, 0.1) is 0 Å². The van der Waals surface area contributed by atoms with Crippen LogP contribution in [-0.4, -0.2) is 28.1 Å². The van der Waals surface area contributed by atoms with Crippen LogP contribution >= 0.6 is 0 Å². The molecule has 0 aromatic heterocycles. The Morgan fingerprint density at radius 2 is 1.64 bits per heavy atom. The van der Waals surface area contributed by atoms with E-state index in [-0.39, 0.29) is 0 Å². The van der Waals surface area contributed by atoms with Gasteiger partial charge in [0.05, 0.1) is 0 Å². The van der Waals surface area contributed by atoms with Crippen molar-refractivity contribution < 1.29 is 20.1 Å². The van der Waals surface area contributed by atoms with Gasteiger partial charge in [0.2, 0.25) is 0 Å². The number of allylic oxidation sites excluding steroid dienone is 1. The van der Waals surface area contributed by atoms with E-state index < -0.39 is 6.16 Å². The molecule has 0 fully saturated rings. The summed E-state index contributed by atoms with van der Waals surface area (Å²) in [6, 6.07) is 0. The minimum Gasteiger partial charge on any atom is -0.450 e. The van der Waals surface area contributed by atoms with E-state index >= 15 is 0 Å². The van der Waals surface area contributed by atoms with E-state index in [1.54, 1.807) is 6.08 Å². The lowest BCUT2D eigenvalue weighted by atomic mass is 10.2. The first-order valence-electron chi connectivity index (χ1n) is 4.66. The lowest BCUT2D eigenvalue weighted by molar-refractivity contribution is 0.137. The summed E-state index contributed by atoms with van der Waals surface area (Å²) in [5, 5.41) is 22.2. The first-order valence-corrected chi connectivity index (χ1v) is 4.66. The molecule has 0 aliphatic heterocycles. The Kier molecular flexibility index (Phi) is 30.3. The van der Waals surface area contributed by atoms with Gasteiger partial charge in [0.1, 0.15) is 0 Å². The monoisotopic (exact) mass is 206 g/mol. The second kappa shape index (κ2) is 22.7. The SMILES string of the molecule is C=CC.CCCCCCO.O=C(O)O. The van der Waals surface area contributed by atoms with E-state index in [2.05, 4.69) is 13.5 Å². The van der Waals surface area contributed by atoms with Crippen LogP contribution in [-0.2, 0) is 0 Å². The quantitative estimate of drug-likeness (QED) is 0.488. The number of hydrogen-bond donors (Lipinski definition) is 3. The van der Waals surface area contributed by atoms with E-state index in [1.807, 2.05) is 6.92 Å². The zero-order valence-electron chi connectivity index (χ0n) is 9.07. The van der Waals surface area contributed by atoms with Gasteiger partial charge in [-0.3, -0.25) is 0 Å². The highest BCUT2D eigenvalue weighted by atomic mass is 16.6. The Morgan fingerprint density at radius 3 is 1.86 bits per heavy atom. The average Bonchev–Trinajstić information content (AvgIpc) is 2.06. The lowest BCUT2D eigenvalue weighted by Gasteiger charge is -1.90. The van der Waals surface area contributed by atoms with E-state index in [4.69, 9.17) is 20.1 Å². The van der Waals surface area contributed by atoms with Crippen LogP contribution in [0.5, 0.6) is 0 Å². The number of aliphatic hydroxyl groups excluding tert-OH is 1. The fourth-order valence-electron chi connectivity index (χ4n) is 0.539. The maximum absolute atomic E-state index is 8.56. The molecule has 0 bridgehead atoms. The predicted octanol–water partition coefficient (Wildman–Crippen LogP) is 2.97. The van der Waals surface area contributed by atoms with Crippen molar-refractivity contribution >= 4 is 6.16 Å². The molecule has 0 aliphatic rings. The molecule has 0 saturated heterocycles. The largest absolute Gasteiger partial charge is 0.503 e. The van der Waals surface area contributed by atoms with Crippen molar-refractivity contribution in [2.75, 3.05) is 6.61 Å². The Labute approximate surface area is 85.9 Å². The Morgan fingerprint density at radius 1 is 1.29 bits per heavy atom. The number of unbranched alkanes of at least 4 members (excludes halogenated alkanes) is 3. The smallest absolute Gasteiger partial charge is 0.450 e. The Hall–Kier alpha value is -1.03. The normalized spacial score (nSPS) is 7.36. The van der Waals surface area contributed by atoms with Crippen LogP contribution in [0.1, 0.15) is 39.5 Å². The highest BCUT2D eigenvalue weighted by Gasteiger charge is 1.80. The van der Waals surface area contributed by atoms with Crippen molar-refractivity contribution in [1.82, 2.24) is 0 Å². The molecule has 0 atom stereocenters. The zero-order chi connectivity index (χ0) is 11.8. The van der Waals surface area contributed by atoms with Crippen molar-refractivity contribution in [2.45, 2.75) is 39.5 Å². The summed E-state index contributed by atoms with van der Waals surface area (Å²) in [5.41, 5.74) is 0. The van der Waals surface area contributed by atoms with Crippen molar-refractivity contribution in [3.05, 3.63) is 12.7 Å². The average molecular weight is 206 g/mol. The lowest BCUT2D eigenvalue weighted by Crippen LogP contribution is -1.81. The Bertz CT molecular complexity index is 105. The van der Waals surface area contributed by atoms with E-state index in [0.717, 1.165) is 6.42 Å². The minimum atomic E-state index is -1.83. The van der Waals surface area contributed by atoms with Gasteiger partial charge in [-0.05, 0) is 13.3 Å². The molecule has 14 heavy (non-hydrogen) atoms. The molecule has 0 radical (unpaired) electrons. The molecule has 3 N–H and O–H groups in total. The summed E-state index contributed by atoms with van der Waals surface area (Å²) in [6.45, 7) is 7.78. The van der Waals surface area contributed by atoms with Gasteiger partial charge in [-0.1, -0.05) is 32.3 Å². The highest BCUT2D eigenvalue weighted by molar-refractivity contribution is 5.53. The van der Waals surface area contributed by atoms with Crippen molar-refractivity contribution in [3.8, 4) is 0 Å². The molecule has 4 nitrogen and oxygen atoms in total. The van der Waals surface area contributed by atoms with Crippen LogP contribution in [0.3, 0.4) is 0 Å². The molecule has 0 amide bonds. The molecule has 0 aliphatic carbocycles. The third kappa shape index (κ3) is 124. The van der Waals surface area contributed by atoms with Crippen molar-refractivity contribution in [2.24, 2.45) is 0 Å². The van der Waals surface area contributed by atoms with Crippen LogP contribution in [0.2, 0.25) is 0 Å². The minimum absolute atomic E-state index is 0.361. The zero-order valence-corrected chi connectivity index (χ0v) is 9.07. The molecule has 0 aromatic carbocycles. The molecule has 4 heteroatoms. The molecule has 0 rings (SSSR count). The molecule has 0 unspecified atom stereocenters. The molecule has 0 heterocycles. The molecular formula is C10H22O4. The second-order valence-corrected chi connectivity index (χ2v) is 2.48. The second-order valence-electron chi connectivity index (χ2n) is 2.48. The predicted molar refractivity (Wildman–Crippen MR) is 57.8 cm³/mol. The van der Waals surface area contributed by atoms with Gasteiger partial charge in [0.15, 0.2) is 0 Å². The van der Waals surface area contributed by atoms with E-state index in [0.29, 0.717) is 6.61 Å². The van der Waals surface area contributed by atoms with Gasteiger partial charge >= 0.3 is 6.16 Å². The standard InChI is InChI=1S/C6H14O.C3H6.CH2O3/c1-2-3-4-5-6-7;1-3-2;2-1(3)4/h7H,2-6H2,1H3;3H,1H2,2H3;(H2,2,3,4). The first kappa shape index (κ1) is 18.7. The summed E-state index contributed by atoms with van der Waals surface area (Å²) in [7, 11) is 0.